The van der Waals surface area contributed by atoms with Crippen LogP contribution < -0.4 is 10.1 Å². The van der Waals surface area contributed by atoms with Crippen molar-refractivity contribution >= 4 is 17.8 Å². The molecule has 0 aliphatic rings. The van der Waals surface area contributed by atoms with E-state index in [-0.39, 0.29) is 28.0 Å². The van der Waals surface area contributed by atoms with Gasteiger partial charge in [0.2, 0.25) is 5.91 Å². The number of hydrogen-bond donors (Lipinski definition) is 3. The van der Waals surface area contributed by atoms with E-state index < -0.39 is 29.7 Å². The van der Waals surface area contributed by atoms with Crippen molar-refractivity contribution in [2.45, 2.75) is 13.0 Å². The number of carbonyl (C=O) groups is 3. The van der Waals surface area contributed by atoms with Gasteiger partial charge in [0, 0.05) is 12.5 Å². The molecule has 0 radical (unpaired) electrons. The maximum absolute atomic E-state index is 14.3. The molecule has 0 heterocycles. The number of benzene rings is 2. The Hall–Kier alpha value is -3.42. The second kappa shape index (κ2) is 7.64. The zero-order chi connectivity index (χ0) is 19.4. The van der Waals surface area contributed by atoms with Gasteiger partial charge in [0.1, 0.15) is 17.1 Å². The van der Waals surface area contributed by atoms with Gasteiger partial charge >= 0.3 is 11.9 Å². The highest BCUT2D eigenvalue weighted by atomic mass is 19.1. The van der Waals surface area contributed by atoms with Crippen molar-refractivity contribution < 1.29 is 33.7 Å². The van der Waals surface area contributed by atoms with E-state index in [1.54, 1.807) is 0 Å². The first-order valence-corrected chi connectivity index (χ1v) is 7.45. The van der Waals surface area contributed by atoms with Crippen molar-refractivity contribution in [3.05, 3.63) is 53.3 Å². The summed E-state index contributed by atoms with van der Waals surface area (Å²) in [5.41, 5.74) is 0.224. The van der Waals surface area contributed by atoms with Crippen LogP contribution in [-0.4, -0.2) is 35.2 Å². The van der Waals surface area contributed by atoms with Crippen LogP contribution >= 0.6 is 0 Å². The van der Waals surface area contributed by atoms with Crippen LogP contribution in [0.2, 0.25) is 0 Å². The van der Waals surface area contributed by atoms with Crippen LogP contribution in [0.1, 0.15) is 28.9 Å². The van der Waals surface area contributed by atoms with Crippen LogP contribution in [0.5, 0.6) is 5.75 Å². The number of aromatic carboxylic acids is 1. The Labute approximate surface area is 148 Å². The Balaban J connectivity index is 2.57. The van der Waals surface area contributed by atoms with Crippen LogP contribution in [0.15, 0.2) is 36.4 Å². The number of aliphatic carboxylic acids is 1. The molecule has 136 valence electrons. The number of methoxy groups -OCH3 is 1. The minimum Gasteiger partial charge on any atom is -0.496 e. The largest absolute Gasteiger partial charge is 0.496 e. The molecule has 0 saturated carbocycles. The average molecular weight is 361 g/mol. The first-order chi connectivity index (χ1) is 12.2. The second-order valence-corrected chi connectivity index (χ2v) is 5.43. The number of rotatable bonds is 6. The first-order valence-electron chi connectivity index (χ1n) is 7.45. The highest BCUT2D eigenvalue weighted by Crippen LogP contribution is 2.30. The molecule has 2 rings (SSSR count). The lowest BCUT2D eigenvalue weighted by Gasteiger charge is -2.16. The summed E-state index contributed by atoms with van der Waals surface area (Å²) in [5, 5.41) is 20.8. The third-order valence-corrected chi connectivity index (χ3v) is 3.66. The van der Waals surface area contributed by atoms with E-state index in [1.807, 2.05) is 0 Å². The summed E-state index contributed by atoms with van der Waals surface area (Å²) in [6.45, 7) is 1.17. The lowest BCUT2D eigenvalue weighted by atomic mass is 9.97. The standard InChI is InChI=1S/C18H16FNO6/c1-9(21)20-16(18(24)25)11-3-5-14(19)12(8-11)10-4-6-15(26-2)13(7-10)17(22)23/h3-8,16H,1-2H3,(H,20,21)(H,22,23)(H,24,25). The minimum atomic E-state index is -1.36. The molecule has 1 atom stereocenters. The summed E-state index contributed by atoms with van der Waals surface area (Å²) in [7, 11) is 1.31. The van der Waals surface area contributed by atoms with E-state index in [2.05, 4.69) is 5.32 Å². The number of hydrogen-bond acceptors (Lipinski definition) is 4. The van der Waals surface area contributed by atoms with Gasteiger partial charge < -0.3 is 20.3 Å². The smallest absolute Gasteiger partial charge is 0.339 e. The number of carbonyl (C=O) groups excluding carboxylic acids is 1. The van der Waals surface area contributed by atoms with Gasteiger partial charge in [0.25, 0.3) is 0 Å². The fourth-order valence-corrected chi connectivity index (χ4v) is 2.48. The van der Waals surface area contributed by atoms with Gasteiger partial charge in [-0.25, -0.2) is 14.0 Å². The quantitative estimate of drug-likeness (QED) is 0.728. The van der Waals surface area contributed by atoms with Gasteiger partial charge in [-0.15, -0.1) is 0 Å². The molecule has 3 N–H and O–H groups in total. The van der Waals surface area contributed by atoms with E-state index >= 15 is 0 Å². The molecule has 0 spiro atoms. The summed E-state index contributed by atoms with van der Waals surface area (Å²) < 4.78 is 19.2. The normalized spacial score (nSPS) is 11.5. The Morgan fingerprint density at radius 3 is 2.35 bits per heavy atom. The number of carboxylic acid groups (broad SMARTS) is 2. The molecule has 0 aromatic heterocycles. The van der Waals surface area contributed by atoms with E-state index in [0.29, 0.717) is 0 Å². The molecular weight excluding hydrogens is 345 g/mol. The zero-order valence-electron chi connectivity index (χ0n) is 13.9. The molecule has 8 heteroatoms. The number of carboxylic acids is 2. The fourth-order valence-electron chi connectivity index (χ4n) is 2.48. The molecule has 2 aromatic carbocycles. The van der Waals surface area contributed by atoms with Crippen molar-refractivity contribution in [2.75, 3.05) is 7.11 Å². The van der Waals surface area contributed by atoms with E-state index in [1.165, 1.54) is 44.4 Å². The molecule has 1 unspecified atom stereocenters. The van der Waals surface area contributed by atoms with Crippen molar-refractivity contribution in [1.82, 2.24) is 5.32 Å². The monoisotopic (exact) mass is 361 g/mol. The van der Waals surface area contributed by atoms with Gasteiger partial charge in [-0.05, 0) is 35.4 Å². The third kappa shape index (κ3) is 3.97. The highest BCUT2D eigenvalue weighted by Gasteiger charge is 2.22. The summed E-state index contributed by atoms with van der Waals surface area (Å²) >= 11 is 0. The molecule has 1 amide bonds. The average Bonchev–Trinajstić information content (AvgIpc) is 2.59. The maximum Gasteiger partial charge on any atom is 0.339 e. The van der Waals surface area contributed by atoms with E-state index in [9.17, 15) is 29.0 Å². The van der Waals surface area contributed by atoms with Crippen LogP contribution in [0.3, 0.4) is 0 Å². The molecule has 2 aromatic rings. The van der Waals surface area contributed by atoms with Crippen molar-refractivity contribution in [2.24, 2.45) is 0 Å². The lowest BCUT2D eigenvalue weighted by molar-refractivity contribution is -0.141. The Bertz CT molecular complexity index is 880. The predicted molar refractivity (Wildman–Crippen MR) is 89.5 cm³/mol. The number of amides is 1. The third-order valence-electron chi connectivity index (χ3n) is 3.66. The molecule has 7 nitrogen and oxygen atoms in total. The Morgan fingerprint density at radius 2 is 1.81 bits per heavy atom. The SMILES string of the molecule is COc1ccc(-c2cc(C(NC(C)=O)C(=O)O)ccc2F)cc1C(=O)O. The lowest BCUT2D eigenvalue weighted by Crippen LogP contribution is -2.32. The molecule has 0 aliphatic heterocycles. The molecule has 0 aliphatic carbocycles. The van der Waals surface area contributed by atoms with Crippen LogP contribution in [0.4, 0.5) is 4.39 Å². The molecule has 0 saturated heterocycles. The van der Waals surface area contributed by atoms with Gasteiger partial charge in [0.05, 0.1) is 7.11 Å². The van der Waals surface area contributed by atoms with Gasteiger partial charge in [-0.2, -0.15) is 0 Å². The maximum atomic E-state index is 14.3. The Morgan fingerprint density at radius 1 is 1.12 bits per heavy atom. The van der Waals surface area contributed by atoms with Crippen LogP contribution in [-0.2, 0) is 9.59 Å². The summed E-state index contributed by atoms with van der Waals surface area (Å²) in [6, 6.07) is 6.29. The highest BCUT2D eigenvalue weighted by molar-refractivity contribution is 5.93. The molecule has 26 heavy (non-hydrogen) atoms. The fraction of sp³-hybridized carbons (Fsp3) is 0.167. The number of ether oxygens (including phenoxy) is 1. The van der Waals surface area contributed by atoms with Crippen molar-refractivity contribution in [3.8, 4) is 16.9 Å². The summed E-state index contributed by atoms with van der Waals surface area (Å²) in [6.07, 6.45) is 0. The van der Waals surface area contributed by atoms with E-state index in [4.69, 9.17) is 4.74 Å². The molecule has 0 bridgehead atoms. The molecular formula is C18H16FNO6. The Kier molecular flexibility index (Phi) is 5.56. The van der Waals surface area contributed by atoms with Gasteiger partial charge in [-0.3, -0.25) is 4.79 Å². The minimum absolute atomic E-state index is 0.00394. The molecule has 0 fully saturated rings. The zero-order valence-corrected chi connectivity index (χ0v) is 13.9. The van der Waals surface area contributed by atoms with Crippen molar-refractivity contribution in [1.29, 1.82) is 0 Å². The topological polar surface area (TPSA) is 113 Å². The van der Waals surface area contributed by atoms with Gasteiger partial charge in [0.15, 0.2) is 6.04 Å². The number of nitrogens with one attached hydrogen (secondary N) is 1. The van der Waals surface area contributed by atoms with E-state index in [0.717, 1.165) is 6.07 Å². The predicted octanol–water partition coefficient (Wildman–Crippen LogP) is 2.46. The van der Waals surface area contributed by atoms with Crippen molar-refractivity contribution in [3.63, 3.8) is 0 Å². The van der Waals surface area contributed by atoms with Crippen LogP contribution in [0, 0.1) is 5.82 Å². The summed E-state index contributed by atoms with van der Waals surface area (Å²) in [4.78, 5) is 33.9. The second-order valence-electron chi connectivity index (χ2n) is 5.43. The summed E-state index contributed by atoms with van der Waals surface area (Å²) in [5.74, 6) is -3.66. The first kappa shape index (κ1) is 18.9. The number of halogens is 1. The van der Waals surface area contributed by atoms with Crippen LogP contribution in [0.25, 0.3) is 11.1 Å². The van der Waals surface area contributed by atoms with Gasteiger partial charge in [-0.1, -0.05) is 12.1 Å².